The minimum atomic E-state index is -0.644. The molecule has 0 unspecified atom stereocenters. The van der Waals surface area contributed by atoms with Crippen molar-refractivity contribution in [2.75, 3.05) is 24.7 Å². The Morgan fingerprint density at radius 2 is 1.90 bits per heavy atom. The highest BCUT2D eigenvalue weighted by Gasteiger charge is 2.19. The van der Waals surface area contributed by atoms with Crippen molar-refractivity contribution in [3.8, 4) is 11.8 Å². The molecule has 30 heavy (non-hydrogen) atoms. The molecule has 0 spiro atoms. The molecule has 1 amide bonds. The Balaban J connectivity index is 1.96. The number of carbonyl (C=O) groups excluding carboxylic acids is 2. The molecule has 0 aromatic heterocycles. The fourth-order valence-corrected chi connectivity index (χ4v) is 2.96. The number of para-hydroxylation sites is 1. The van der Waals surface area contributed by atoms with Crippen molar-refractivity contribution in [2.24, 2.45) is 0 Å². The van der Waals surface area contributed by atoms with Crippen LogP contribution in [-0.2, 0) is 14.3 Å². The zero-order valence-electron chi connectivity index (χ0n) is 17.4. The number of carbonyl (C=O) groups is 2. The van der Waals surface area contributed by atoms with E-state index in [1.54, 1.807) is 24.3 Å². The summed E-state index contributed by atoms with van der Waals surface area (Å²) in [5.74, 6) is -0.212. The molecule has 2 rings (SSSR count). The SMILES string of the molecule is Cc1cc(N(CCC#N)C(=O)COC(=O)COc2ccccc2C(C)C)ccc1Cl. The molecular formula is C23H25ClN2O4. The van der Waals surface area contributed by atoms with Gasteiger partial charge in [0.25, 0.3) is 5.91 Å². The van der Waals surface area contributed by atoms with Crippen LogP contribution in [0.2, 0.25) is 5.02 Å². The van der Waals surface area contributed by atoms with E-state index in [4.69, 9.17) is 26.3 Å². The quantitative estimate of drug-likeness (QED) is 0.543. The summed E-state index contributed by atoms with van der Waals surface area (Å²) >= 11 is 6.05. The third-order valence-corrected chi connectivity index (χ3v) is 4.87. The molecule has 0 fully saturated rings. The number of halogens is 1. The third kappa shape index (κ3) is 6.50. The Labute approximate surface area is 182 Å². The standard InChI is InChI=1S/C23H25ClN2O4/c1-16(2)19-7-4-5-8-21(19)29-15-23(28)30-14-22(27)26(12-6-11-25)18-9-10-20(24)17(3)13-18/h4-5,7-10,13,16H,6,12,14-15H2,1-3H3. The topological polar surface area (TPSA) is 79.6 Å². The first-order valence-corrected chi connectivity index (χ1v) is 10.0. The van der Waals surface area contributed by atoms with E-state index >= 15 is 0 Å². The van der Waals surface area contributed by atoms with Gasteiger partial charge in [-0.05, 0) is 48.2 Å². The second kappa shape index (κ2) is 11.2. The van der Waals surface area contributed by atoms with Gasteiger partial charge in [0.15, 0.2) is 13.2 Å². The zero-order valence-corrected chi connectivity index (χ0v) is 18.1. The molecule has 0 aliphatic heterocycles. The number of nitriles is 1. The van der Waals surface area contributed by atoms with Crippen LogP contribution >= 0.6 is 11.6 Å². The van der Waals surface area contributed by atoms with Gasteiger partial charge in [0.2, 0.25) is 0 Å². The maximum atomic E-state index is 12.6. The monoisotopic (exact) mass is 428 g/mol. The van der Waals surface area contributed by atoms with Crippen molar-refractivity contribution in [3.63, 3.8) is 0 Å². The van der Waals surface area contributed by atoms with Gasteiger partial charge < -0.3 is 14.4 Å². The first kappa shape index (κ1) is 23.2. The van der Waals surface area contributed by atoms with Gasteiger partial charge in [-0.25, -0.2) is 4.79 Å². The van der Waals surface area contributed by atoms with Gasteiger partial charge in [0.1, 0.15) is 5.75 Å². The van der Waals surface area contributed by atoms with Crippen molar-refractivity contribution in [1.82, 2.24) is 0 Å². The summed E-state index contributed by atoms with van der Waals surface area (Å²) < 4.78 is 10.7. The summed E-state index contributed by atoms with van der Waals surface area (Å²) in [6, 6.07) is 14.6. The van der Waals surface area contributed by atoms with E-state index in [0.29, 0.717) is 16.5 Å². The average Bonchev–Trinajstić information content (AvgIpc) is 2.73. The highest BCUT2D eigenvalue weighted by Crippen LogP contribution is 2.26. The summed E-state index contributed by atoms with van der Waals surface area (Å²) in [5.41, 5.74) is 2.38. The first-order chi connectivity index (χ1) is 14.3. The molecule has 2 aromatic carbocycles. The molecule has 0 aliphatic rings. The van der Waals surface area contributed by atoms with Crippen LogP contribution < -0.4 is 9.64 Å². The van der Waals surface area contributed by atoms with Crippen molar-refractivity contribution in [1.29, 1.82) is 5.26 Å². The maximum absolute atomic E-state index is 12.6. The molecule has 0 saturated heterocycles. The Kier molecular flexibility index (Phi) is 8.70. The summed E-state index contributed by atoms with van der Waals surface area (Å²) in [6.07, 6.45) is 0.149. The Morgan fingerprint density at radius 3 is 2.57 bits per heavy atom. The fraction of sp³-hybridized carbons (Fsp3) is 0.348. The van der Waals surface area contributed by atoms with Crippen LogP contribution in [0.5, 0.6) is 5.75 Å². The Bertz CT molecular complexity index is 937. The van der Waals surface area contributed by atoms with Crippen LogP contribution in [-0.4, -0.2) is 31.6 Å². The van der Waals surface area contributed by atoms with Gasteiger partial charge >= 0.3 is 5.97 Å². The molecule has 0 saturated carbocycles. The molecule has 0 atom stereocenters. The lowest BCUT2D eigenvalue weighted by Crippen LogP contribution is -2.36. The summed E-state index contributed by atoms with van der Waals surface area (Å²) in [4.78, 5) is 26.1. The van der Waals surface area contributed by atoms with Crippen LogP contribution in [0.1, 0.15) is 37.3 Å². The van der Waals surface area contributed by atoms with Gasteiger partial charge in [-0.15, -0.1) is 0 Å². The van der Waals surface area contributed by atoms with E-state index < -0.39 is 18.5 Å². The highest BCUT2D eigenvalue weighted by molar-refractivity contribution is 6.31. The zero-order chi connectivity index (χ0) is 22.1. The Morgan fingerprint density at radius 1 is 1.17 bits per heavy atom. The van der Waals surface area contributed by atoms with E-state index in [1.165, 1.54) is 4.90 Å². The van der Waals surface area contributed by atoms with E-state index in [2.05, 4.69) is 0 Å². The van der Waals surface area contributed by atoms with Crippen LogP contribution in [0, 0.1) is 18.3 Å². The molecule has 0 aliphatic carbocycles. The molecule has 7 heteroatoms. The maximum Gasteiger partial charge on any atom is 0.344 e. The molecule has 2 aromatic rings. The lowest BCUT2D eigenvalue weighted by molar-refractivity contribution is -0.149. The molecule has 0 bridgehead atoms. The highest BCUT2D eigenvalue weighted by atomic mass is 35.5. The summed E-state index contributed by atoms with van der Waals surface area (Å²) in [7, 11) is 0. The first-order valence-electron chi connectivity index (χ1n) is 9.64. The van der Waals surface area contributed by atoms with Gasteiger partial charge in [-0.3, -0.25) is 4.79 Å². The number of amides is 1. The number of rotatable bonds is 9. The number of hydrogen-bond donors (Lipinski definition) is 0. The lowest BCUT2D eigenvalue weighted by Gasteiger charge is -2.22. The van der Waals surface area contributed by atoms with Gasteiger partial charge in [0.05, 0.1) is 12.5 Å². The molecule has 0 heterocycles. The summed E-state index contributed by atoms with van der Waals surface area (Å²) in [5, 5.41) is 9.47. The third-order valence-electron chi connectivity index (χ3n) is 4.44. The van der Waals surface area contributed by atoms with E-state index in [9.17, 15) is 9.59 Å². The van der Waals surface area contributed by atoms with E-state index in [-0.39, 0.29) is 25.5 Å². The van der Waals surface area contributed by atoms with Crippen LogP contribution in [0.25, 0.3) is 0 Å². The van der Waals surface area contributed by atoms with Crippen LogP contribution in [0.3, 0.4) is 0 Å². The predicted octanol–water partition coefficient (Wildman–Crippen LogP) is 4.64. The molecule has 158 valence electrons. The largest absolute Gasteiger partial charge is 0.482 e. The van der Waals surface area contributed by atoms with Crippen molar-refractivity contribution >= 4 is 29.2 Å². The molecule has 6 nitrogen and oxygen atoms in total. The Hall–Kier alpha value is -3.04. The van der Waals surface area contributed by atoms with Crippen molar-refractivity contribution < 1.29 is 19.1 Å². The number of nitrogens with zero attached hydrogens (tertiary/aromatic N) is 2. The van der Waals surface area contributed by atoms with Gasteiger partial charge in [-0.1, -0.05) is 43.6 Å². The predicted molar refractivity (Wildman–Crippen MR) is 116 cm³/mol. The number of hydrogen-bond acceptors (Lipinski definition) is 5. The van der Waals surface area contributed by atoms with Crippen LogP contribution in [0.15, 0.2) is 42.5 Å². The second-order valence-corrected chi connectivity index (χ2v) is 7.44. The smallest absolute Gasteiger partial charge is 0.344 e. The number of benzene rings is 2. The number of anilines is 1. The fourth-order valence-electron chi connectivity index (χ4n) is 2.84. The van der Waals surface area contributed by atoms with E-state index in [0.717, 1.165) is 11.1 Å². The molecule has 0 N–H and O–H groups in total. The number of esters is 1. The van der Waals surface area contributed by atoms with Crippen molar-refractivity contribution in [3.05, 3.63) is 58.6 Å². The molecule has 0 radical (unpaired) electrons. The van der Waals surface area contributed by atoms with Crippen molar-refractivity contribution in [2.45, 2.75) is 33.1 Å². The lowest BCUT2D eigenvalue weighted by atomic mass is 10.0. The van der Waals surface area contributed by atoms with E-state index in [1.807, 2.05) is 45.0 Å². The normalized spacial score (nSPS) is 10.4. The van der Waals surface area contributed by atoms with Gasteiger partial charge in [-0.2, -0.15) is 5.26 Å². The summed E-state index contributed by atoms with van der Waals surface area (Å²) in [6.45, 7) is 5.34. The minimum absolute atomic E-state index is 0.149. The number of ether oxygens (including phenoxy) is 2. The second-order valence-electron chi connectivity index (χ2n) is 7.03. The van der Waals surface area contributed by atoms with Gasteiger partial charge in [0, 0.05) is 17.3 Å². The minimum Gasteiger partial charge on any atom is -0.482 e. The van der Waals surface area contributed by atoms with Crippen LogP contribution in [0.4, 0.5) is 5.69 Å². The molecular weight excluding hydrogens is 404 g/mol. The number of aryl methyl sites for hydroxylation is 1. The average molecular weight is 429 g/mol.